The number of ether oxygens (including phenoxy) is 1. The van der Waals surface area contributed by atoms with Gasteiger partial charge in [-0.15, -0.1) is 24.0 Å². The summed E-state index contributed by atoms with van der Waals surface area (Å²) < 4.78 is 43.6. The van der Waals surface area contributed by atoms with Crippen LogP contribution >= 0.6 is 24.0 Å². The van der Waals surface area contributed by atoms with Crippen molar-refractivity contribution >= 4 is 29.9 Å². The predicted octanol–water partition coefficient (Wildman–Crippen LogP) is 2.95. The normalized spacial score (nSPS) is 16.2. The fourth-order valence-corrected chi connectivity index (χ4v) is 2.75. The van der Waals surface area contributed by atoms with Gasteiger partial charge < -0.3 is 15.4 Å². The lowest BCUT2D eigenvalue weighted by Gasteiger charge is -2.31. The lowest BCUT2D eigenvalue weighted by Crippen LogP contribution is -2.44. The van der Waals surface area contributed by atoms with E-state index in [-0.39, 0.29) is 30.5 Å². The van der Waals surface area contributed by atoms with Crippen molar-refractivity contribution in [1.82, 2.24) is 15.5 Å². The van der Waals surface area contributed by atoms with E-state index in [0.29, 0.717) is 30.7 Å². The Morgan fingerprint density at radius 1 is 1.28 bits per heavy atom. The minimum Gasteiger partial charge on any atom is -0.379 e. The molecule has 1 fully saturated rings. The highest BCUT2D eigenvalue weighted by Gasteiger charge is 2.30. The third-order valence-electron chi connectivity index (χ3n) is 4.29. The molecule has 0 aromatic heterocycles. The highest BCUT2D eigenvalue weighted by atomic mass is 127. The maximum absolute atomic E-state index is 12.7. The molecule has 0 aliphatic carbocycles. The van der Waals surface area contributed by atoms with Crippen LogP contribution in [0.15, 0.2) is 29.3 Å². The van der Waals surface area contributed by atoms with Gasteiger partial charge >= 0.3 is 6.18 Å². The molecule has 0 radical (unpaired) electrons. The molecular formula is C20H28F3IN4O. The monoisotopic (exact) mass is 524 g/mol. The summed E-state index contributed by atoms with van der Waals surface area (Å²) in [6, 6.07) is 5.31. The van der Waals surface area contributed by atoms with Crippen molar-refractivity contribution in [1.29, 1.82) is 0 Å². The number of guanidine groups is 1. The van der Waals surface area contributed by atoms with Crippen molar-refractivity contribution < 1.29 is 17.9 Å². The molecular weight excluding hydrogens is 496 g/mol. The van der Waals surface area contributed by atoms with Crippen LogP contribution in [-0.4, -0.2) is 62.8 Å². The van der Waals surface area contributed by atoms with E-state index >= 15 is 0 Å². The molecule has 1 atom stereocenters. The first-order chi connectivity index (χ1) is 13.4. The van der Waals surface area contributed by atoms with Gasteiger partial charge in [0.2, 0.25) is 0 Å². The number of hydrogen-bond donors (Lipinski definition) is 2. The smallest absolute Gasteiger partial charge is 0.379 e. The summed E-state index contributed by atoms with van der Waals surface area (Å²) >= 11 is 0. The summed E-state index contributed by atoms with van der Waals surface area (Å²) in [5.74, 6) is 6.24. The van der Waals surface area contributed by atoms with E-state index in [4.69, 9.17) is 4.74 Å². The molecule has 2 rings (SSSR count). The van der Waals surface area contributed by atoms with Gasteiger partial charge in [0.15, 0.2) is 5.96 Å². The van der Waals surface area contributed by atoms with Gasteiger partial charge in [-0.05, 0) is 32.0 Å². The van der Waals surface area contributed by atoms with E-state index in [1.807, 2.05) is 6.92 Å². The average molecular weight is 524 g/mol. The van der Waals surface area contributed by atoms with Crippen LogP contribution in [0.25, 0.3) is 0 Å². The van der Waals surface area contributed by atoms with E-state index in [1.165, 1.54) is 6.07 Å². The van der Waals surface area contributed by atoms with Crippen molar-refractivity contribution in [2.24, 2.45) is 4.99 Å². The Labute approximate surface area is 187 Å². The van der Waals surface area contributed by atoms with Gasteiger partial charge in [0.25, 0.3) is 0 Å². The lowest BCUT2D eigenvalue weighted by atomic mass is 10.1. The Balaban J connectivity index is 0.00000420. The molecule has 162 valence electrons. The van der Waals surface area contributed by atoms with Gasteiger partial charge in [-0.3, -0.25) is 9.89 Å². The van der Waals surface area contributed by atoms with Gasteiger partial charge in [-0.25, -0.2) is 0 Å². The summed E-state index contributed by atoms with van der Waals surface area (Å²) in [5.41, 5.74) is -0.362. The highest BCUT2D eigenvalue weighted by Crippen LogP contribution is 2.29. The molecule has 5 nitrogen and oxygen atoms in total. The van der Waals surface area contributed by atoms with Gasteiger partial charge in [0, 0.05) is 31.2 Å². The first-order valence-electron chi connectivity index (χ1n) is 9.40. The molecule has 1 heterocycles. The van der Waals surface area contributed by atoms with Crippen molar-refractivity contribution in [2.75, 3.05) is 45.9 Å². The number of benzene rings is 1. The van der Waals surface area contributed by atoms with Crippen LogP contribution in [0, 0.1) is 11.8 Å². The fourth-order valence-electron chi connectivity index (χ4n) is 2.75. The van der Waals surface area contributed by atoms with Crippen LogP contribution in [0.2, 0.25) is 0 Å². The van der Waals surface area contributed by atoms with E-state index in [1.54, 1.807) is 6.07 Å². The molecule has 9 heteroatoms. The zero-order valence-electron chi connectivity index (χ0n) is 16.7. The highest BCUT2D eigenvalue weighted by molar-refractivity contribution is 14.0. The van der Waals surface area contributed by atoms with Gasteiger partial charge in [-0.1, -0.05) is 17.9 Å². The zero-order valence-corrected chi connectivity index (χ0v) is 19.0. The molecule has 29 heavy (non-hydrogen) atoms. The van der Waals surface area contributed by atoms with Crippen LogP contribution < -0.4 is 10.6 Å². The maximum atomic E-state index is 12.7. The minimum absolute atomic E-state index is 0. The van der Waals surface area contributed by atoms with Crippen molar-refractivity contribution in [2.45, 2.75) is 26.1 Å². The van der Waals surface area contributed by atoms with Crippen molar-refractivity contribution in [3.63, 3.8) is 0 Å². The molecule has 1 unspecified atom stereocenters. The first kappa shape index (κ1) is 25.5. The second-order valence-electron chi connectivity index (χ2n) is 6.45. The summed E-state index contributed by atoms with van der Waals surface area (Å²) in [7, 11) is 0. The third kappa shape index (κ3) is 9.23. The summed E-state index contributed by atoms with van der Waals surface area (Å²) in [6.45, 7) is 9.03. The number of nitrogens with zero attached hydrogens (tertiary/aromatic N) is 2. The molecule has 0 saturated carbocycles. The Hall–Kier alpha value is -1.51. The first-order valence-corrected chi connectivity index (χ1v) is 9.40. The number of alkyl halides is 3. The molecule has 0 amide bonds. The number of aliphatic imine (C=N–C) groups is 1. The van der Waals surface area contributed by atoms with Crippen LogP contribution in [0.5, 0.6) is 0 Å². The summed E-state index contributed by atoms with van der Waals surface area (Å²) in [6.07, 6.45) is -4.36. The Bertz CT molecular complexity index is 710. The molecule has 1 aliphatic heterocycles. The van der Waals surface area contributed by atoms with E-state index in [0.717, 1.165) is 38.4 Å². The summed E-state index contributed by atoms with van der Waals surface area (Å²) in [4.78, 5) is 6.91. The Morgan fingerprint density at radius 3 is 2.66 bits per heavy atom. The molecule has 1 aromatic carbocycles. The van der Waals surface area contributed by atoms with Crippen LogP contribution in [0.4, 0.5) is 13.2 Å². The predicted molar refractivity (Wildman–Crippen MR) is 120 cm³/mol. The van der Waals surface area contributed by atoms with Gasteiger partial charge in [0.05, 0.1) is 31.9 Å². The lowest BCUT2D eigenvalue weighted by molar-refractivity contribution is -0.137. The molecule has 1 aliphatic rings. The van der Waals surface area contributed by atoms with Crippen molar-refractivity contribution in [3.8, 4) is 11.8 Å². The molecule has 0 bridgehead atoms. The second-order valence-corrected chi connectivity index (χ2v) is 6.45. The SMILES string of the molecule is CCNC(=NCC(C)N1CCOCC1)NCC#Cc1cccc(C(F)(F)F)c1.I. The molecule has 0 spiro atoms. The van der Waals surface area contributed by atoms with Crippen LogP contribution in [-0.2, 0) is 10.9 Å². The molecule has 1 saturated heterocycles. The van der Waals surface area contributed by atoms with Gasteiger partial charge in [0.1, 0.15) is 0 Å². The van der Waals surface area contributed by atoms with Crippen LogP contribution in [0.1, 0.15) is 25.0 Å². The molecule has 2 N–H and O–H groups in total. The topological polar surface area (TPSA) is 48.9 Å². The summed E-state index contributed by atoms with van der Waals surface area (Å²) in [5, 5.41) is 6.24. The van der Waals surface area contributed by atoms with E-state index < -0.39 is 11.7 Å². The number of nitrogens with one attached hydrogen (secondary N) is 2. The Kier molecular flexibility index (Phi) is 11.4. The maximum Gasteiger partial charge on any atom is 0.416 e. The van der Waals surface area contributed by atoms with E-state index in [2.05, 4.69) is 39.3 Å². The standard InChI is InChI=1S/C20H27F3N4O.HI/c1-3-24-19(26-15-16(2)27-10-12-28-13-11-27)25-9-5-7-17-6-4-8-18(14-17)20(21,22)23;/h4,6,8,14,16H,3,9-13,15H2,1-2H3,(H2,24,25,26);1H. The third-order valence-corrected chi connectivity index (χ3v) is 4.29. The quantitative estimate of drug-likeness (QED) is 0.269. The fraction of sp³-hybridized carbons (Fsp3) is 0.550. The van der Waals surface area contributed by atoms with Crippen LogP contribution in [0.3, 0.4) is 0 Å². The zero-order chi connectivity index (χ0) is 20.4. The number of rotatable bonds is 5. The Morgan fingerprint density at radius 2 is 2.00 bits per heavy atom. The largest absolute Gasteiger partial charge is 0.416 e. The molecule has 1 aromatic rings. The minimum atomic E-state index is -4.36. The second kappa shape index (κ2) is 12.9. The van der Waals surface area contributed by atoms with Crippen molar-refractivity contribution in [3.05, 3.63) is 35.4 Å². The number of halogens is 4. The number of morpholine rings is 1. The van der Waals surface area contributed by atoms with Gasteiger partial charge in [-0.2, -0.15) is 13.2 Å². The number of hydrogen-bond acceptors (Lipinski definition) is 3. The van der Waals surface area contributed by atoms with E-state index in [9.17, 15) is 13.2 Å². The average Bonchev–Trinajstić information content (AvgIpc) is 2.69.